The molecule has 2 N–H and O–H groups in total. The van der Waals surface area contributed by atoms with E-state index in [1.54, 1.807) is 0 Å². The second-order valence-corrected chi connectivity index (χ2v) is 5.11. The maximum absolute atomic E-state index is 6.18. The van der Waals surface area contributed by atoms with Crippen LogP contribution in [0.2, 0.25) is 0 Å². The van der Waals surface area contributed by atoms with E-state index in [4.69, 9.17) is 10.5 Å². The Balaban J connectivity index is 1.64. The Kier molecular flexibility index (Phi) is 3.82. The first-order valence-electron chi connectivity index (χ1n) is 6.18. The number of hydrogen-bond donors (Lipinski definition) is 1. The SMILES string of the molecule is NC(CC1CCCC1)CC1CCOC1. The summed E-state index contributed by atoms with van der Waals surface area (Å²) in [5.74, 6) is 1.69. The highest BCUT2D eigenvalue weighted by molar-refractivity contribution is 4.77. The summed E-state index contributed by atoms with van der Waals surface area (Å²) in [5, 5.41) is 0. The van der Waals surface area contributed by atoms with Crippen molar-refractivity contribution in [1.82, 2.24) is 0 Å². The molecule has 14 heavy (non-hydrogen) atoms. The lowest BCUT2D eigenvalue weighted by Crippen LogP contribution is -2.26. The summed E-state index contributed by atoms with van der Waals surface area (Å²) in [6, 6.07) is 0.435. The molecular weight excluding hydrogens is 174 g/mol. The van der Waals surface area contributed by atoms with Gasteiger partial charge in [-0.2, -0.15) is 0 Å². The van der Waals surface area contributed by atoms with Crippen LogP contribution in [0.3, 0.4) is 0 Å². The van der Waals surface area contributed by atoms with Crippen LogP contribution in [0.5, 0.6) is 0 Å². The van der Waals surface area contributed by atoms with Gasteiger partial charge < -0.3 is 10.5 Å². The first-order chi connectivity index (χ1) is 6.84. The molecule has 1 saturated heterocycles. The van der Waals surface area contributed by atoms with E-state index in [0.717, 1.165) is 25.0 Å². The third kappa shape index (κ3) is 2.96. The topological polar surface area (TPSA) is 35.2 Å². The van der Waals surface area contributed by atoms with Gasteiger partial charge in [0, 0.05) is 19.3 Å². The van der Waals surface area contributed by atoms with Crippen molar-refractivity contribution < 1.29 is 4.74 Å². The van der Waals surface area contributed by atoms with Crippen molar-refractivity contribution in [1.29, 1.82) is 0 Å². The normalized spacial score (nSPS) is 31.1. The minimum absolute atomic E-state index is 0.435. The first kappa shape index (κ1) is 10.4. The van der Waals surface area contributed by atoms with Gasteiger partial charge >= 0.3 is 0 Å². The highest BCUT2D eigenvalue weighted by Crippen LogP contribution is 2.30. The van der Waals surface area contributed by atoms with E-state index in [1.807, 2.05) is 0 Å². The third-order valence-corrected chi connectivity index (χ3v) is 3.77. The van der Waals surface area contributed by atoms with E-state index in [1.165, 1.54) is 44.9 Å². The first-order valence-corrected chi connectivity index (χ1v) is 6.18. The van der Waals surface area contributed by atoms with E-state index < -0.39 is 0 Å². The number of hydrogen-bond acceptors (Lipinski definition) is 2. The molecule has 0 aromatic rings. The minimum atomic E-state index is 0.435. The van der Waals surface area contributed by atoms with Gasteiger partial charge in [-0.15, -0.1) is 0 Å². The monoisotopic (exact) mass is 197 g/mol. The third-order valence-electron chi connectivity index (χ3n) is 3.77. The molecule has 2 unspecified atom stereocenters. The average Bonchev–Trinajstić information content (AvgIpc) is 2.76. The van der Waals surface area contributed by atoms with Crippen LogP contribution in [0, 0.1) is 11.8 Å². The Labute approximate surface area is 87.2 Å². The van der Waals surface area contributed by atoms with Crippen LogP contribution in [-0.4, -0.2) is 19.3 Å². The summed E-state index contributed by atoms with van der Waals surface area (Å²) in [6.07, 6.45) is 9.41. The number of nitrogens with two attached hydrogens (primary N) is 1. The fraction of sp³-hybridized carbons (Fsp3) is 1.00. The largest absolute Gasteiger partial charge is 0.381 e. The van der Waals surface area contributed by atoms with Gasteiger partial charge in [-0.1, -0.05) is 25.7 Å². The molecule has 2 atom stereocenters. The van der Waals surface area contributed by atoms with Crippen molar-refractivity contribution in [2.75, 3.05) is 13.2 Å². The Bertz CT molecular complexity index is 142. The predicted octanol–water partition coefficient (Wildman–Crippen LogP) is 2.32. The molecule has 0 amide bonds. The molecule has 0 aromatic heterocycles. The zero-order valence-corrected chi connectivity index (χ0v) is 9.08. The molecular formula is C12H23NO. The Morgan fingerprint density at radius 1 is 1.07 bits per heavy atom. The zero-order chi connectivity index (χ0) is 9.80. The molecule has 1 heterocycles. The highest BCUT2D eigenvalue weighted by atomic mass is 16.5. The molecule has 0 spiro atoms. The van der Waals surface area contributed by atoms with Crippen molar-refractivity contribution in [2.24, 2.45) is 17.6 Å². The van der Waals surface area contributed by atoms with Gasteiger partial charge in [-0.3, -0.25) is 0 Å². The molecule has 0 radical (unpaired) electrons. The predicted molar refractivity (Wildman–Crippen MR) is 58.1 cm³/mol. The van der Waals surface area contributed by atoms with Crippen molar-refractivity contribution in [3.05, 3.63) is 0 Å². The quantitative estimate of drug-likeness (QED) is 0.750. The maximum atomic E-state index is 6.18. The molecule has 1 saturated carbocycles. The van der Waals surface area contributed by atoms with Gasteiger partial charge in [0.15, 0.2) is 0 Å². The van der Waals surface area contributed by atoms with Crippen molar-refractivity contribution in [3.8, 4) is 0 Å². The molecule has 2 nitrogen and oxygen atoms in total. The number of rotatable bonds is 4. The van der Waals surface area contributed by atoms with Gasteiger partial charge in [-0.05, 0) is 31.1 Å². The molecule has 2 rings (SSSR count). The average molecular weight is 197 g/mol. The van der Waals surface area contributed by atoms with Gasteiger partial charge in [0.25, 0.3) is 0 Å². The standard InChI is InChI=1S/C12H23NO/c13-12(7-10-3-1-2-4-10)8-11-5-6-14-9-11/h10-12H,1-9,13H2. The Morgan fingerprint density at radius 3 is 2.43 bits per heavy atom. The molecule has 2 aliphatic rings. The van der Waals surface area contributed by atoms with E-state index in [2.05, 4.69) is 0 Å². The molecule has 1 aliphatic carbocycles. The van der Waals surface area contributed by atoms with Crippen LogP contribution in [0.1, 0.15) is 44.9 Å². The van der Waals surface area contributed by atoms with Crippen molar-refractivity contribution in [2.45, 2.75) is 51.0 Å². The molecule has 1 aliphatic heterocycles. The maximum Gasteiger partial charge on any atom is 0.0495 e. The molecule has 2 heteroatoms. The van der Waals surface area contributed by atoms with E-state index in [-0.39, 0.29) is 0 Å². The van der Waals surface area contributed by atoms with Gasteiger partial charge in [0.2, 0.25) is 0 Å². The fourth-order valence-corrected chi connectivity index (χ4v) is 2.97. The highest BCUT2D eigenvalue weighted by Gasteiger charge is 2.22. The van der Waals surface area contributed by atoms with Gasteiger partial charge in [0.1, 0.15) is 0 Å². The zero-order valence-electron chi connectivity index (χ0n) is 9.08. The van der Waals surface area contributed by atoms with Crippen LogP contribution in [-0.2, 0) is 4.74 Å². The van der Waals surface area contributed by atoms with Gasteiger partial charge in [-0.25, -0.2) is 0 Å². The Morgan fingerprint density at radius 2 is 1.79 bits per heavy atom. The summed E-state index contributed by atoms with van der Waals surface area (Å²) < 4.78 is 5.37. The lowest BCUT2D eigenvalue weighted by Gasteiger charge is -2.18. The molecule has 2 fully saturated rings. The summed E-state index contributed by atoms with van der Waals surface area (Å²) in [4.78, 5) is 0. The lowest BCUT2D eigenvalue weighted by atomic mass is 9.92. The minimum Gasteiger partial charge on any atom is -0.381 e. The lowest BCUT2D eigenvalue weighted by molar-refractivity contribution is 0.181. The Hall–Kier alpha value is -0.0800. The summed E-state index contributed by atoms with van der Waals surface area (Å²) >= 11 is 0. The van der Waals surface area contributed by atoms with Crippen LogP contribution < -0.4 is 5.73 Å². The van der Waals surface area contributed by atoms with E-state index >= 15 is 0 Å². The summed E-state index contributed by atoms with van der Waals surface area (Å²) in [6.45, 7) is 1.92. The summed E-state index contributed by atoms with van der Waals surface area (Å²) in [7, 11) is 0. The van der Waals surface area contributed by atoms with Crippen LogP contribution in [0.15, 0.2) is 0 Å². The van der Waals surface area contributed by atoms with Crippen molar-refractivity contribution >= 4 is 0 Å². The van der Waals surface area contributed by atoms with Gasteiger partial charge in [0.05, 0.1) is 0 Å². The second kappa shape index (κ2) is 5.13. The van der Waals surface area contributed by atoms with Crippen LogP contribution in [0.4, 0.5) is 0 Å². The second-order valence-electron chi connectivity index (χ2n) is 5.11. The van der Waals surface area contributed by atoms with E-state index in [9.17, 15) is 0 Å². The van der Waals surface area contributed by atoms with Crippen molar-refractivity contribution in [3.63, 3.8) is 0 Å². The molecule has 0 aromatic carbocycles. The fourth-order valence-electron chi connectivity index (χ4n) is 2.97. The smallest absolute Gasteiger partial charge is 0.0495 e. The molecule has 0 bridgehead atoms. The van der Waals surface area contributed by atoms with Crippen LogP contribution >= 0.6 is 0 Å². The van der Waals surface area contributed by atoms with Crippen LogP contribution in [0.25, 0.3) is 0 Å². The molecule has 82 valence electrons. The van der Waals surface area contributed by atoms with E-state index in [0.29, 0.717) is 6.04 Å². The number of ether oxygens (including phenoxy) is 1. The summed E-state index contributed by atoms with van der Waals surface area (Å²) in [5.41, 5.74) is 6.18.